The van der Waals surface area contributed by atoms with Crippen molar-refractivity contribution < 1.29 is 9.53 Å². The van der Waals surface area contributed by atoms with Gasteiger partial charge in [-0.2, -0.15) is 0 Å². The third kappa shape index (κ3) is 4.95. The Morgan fingerprint density at radius 2 is 1.66 bits per heavy atom. The molecule has 0 radical (unpaired) electrons. The van der Waals surface area contributed by atoms with Gasteiger partial charge >= 0.3 is 0 Å². The summed E-state index contributed by atoms with van der Waals surface area (Å²) in [7, 11) is 0.480. The molecule has 3 rings (SSSR count). The summed E-state index contributed by atoms with van der Waals surface area (Å²) in [5.41, 5.74) is 4.34. The SMILES string of the molecule is CCC(C)(Pc1ccccc1C(C)=O)c1cccc(C)c1OCc1ccccc1. The Morgan fingerprint density at radius 3 is 2.34 bits per heavy atom. The molecule has 0 aliphatic heterocycles. The number of benzene rings is 3. The van der Waals surface area contributed by atoms with Crippen LogP contribution in [-0.2, 0) is 11.8 Å². The van der Waals surface area contributed by atoms with Crippen LogP contribution in [0.15, 0.2) is 72.8 Å². The quantitative estimate of drug-likeness (QED) is 0.320. The monoisotopic (exact) mass is 404 g/mol. The number of hydrogen-bond donors (Lipinski definition) is 0. The van der Waals surface area contributed by atoms with Crippen LogP contribution in [0.1, 0.15) is 54.2 Å². The molecule has 0 spiro atoms. The molecule has 3 heteroatoms. The topological polar surface area (TPSA) is 26.3 Å². The molecule has 3 aromatic carbocycles. The fourth-order valence-corrected chi connectivity index (χ4v) is 5.23. The molecule has 0 N–H and O–H groups in total. The predicted octanol–water partition coefficient (Wildman–Crippen LogP) is 6.41. The molecule has 0 aromatic heterocycles. The zero-order valence-electron chi connectivity index (χ0n) is 17.7. The van der Waals surface area contributed by atoms with Crippen molar-refractivity contribution in [3.63, 3.8) is 0 Å². The van der Waals surface area contributed by atoms with Gasteiger partial charge in [0, 0.05) is 16.3 Å². The number of Topliss-reactive ketones (excluding diaryl/α,β-unsaturated/α-hetero) is 1. The zero-order valence-corrected chi connectivity index (χ0v) is 18.7. The predicted molar refractivity (Wildman–Crippen MR) is 124 cm³/mol. The van der Waals surface area contributed by atoms with Crippen molar-refractivity contribution in [2.45, 2.75) is 45.9 Å². The molecule has 0 saturated heterocycles. The lowest BCUT2D eigenvalue weighted by molar-refractivity contribution is 0.101. The molecule has 3 aromatic rings. The summed E-state index contributed by atoms with van der Waals surface area (Å²) in [5, 5.41) is 1.02. The highest BCUT2D eigenvalue weighted by Crippen LogP contribution is 2.48. The number of ether oxygens (including phenoxy) is 1. The van der Waals surface area contributed by atoms with Gasteiger partial charge in [0.05, 0.1) is 0 Å². The summed E-state index contributed by atoms with van der Waals surface area (Å²) in [6, 6.07) is 24.6. The van der Waals surface area contributed by atoms with Gasteiger partial charge in [-0.25, -0.2) is 0 Å². The van der Waals surface area contributed by atoms with Crippen molar-refractivity contribution in [2.75, 3.05) is 0 Å². The van der Waals surface area contributed by atoms with Gasteiger partial charge in [0.2, 0.25) is 0 Å². The van der Waals surface area contributed by atoms with Crippen molar-refractivity contribution >= 4 is 19.7 Å². The number of hydrogen-bond acceptors (Lipinski definition) is 2. The molecule has 0 bridgehead atoms. The van der Waals surface area contributed by atoms with Crippen LogP contribution in [0.2, 0.25) is 0 Å². The standard InChI is InChI=1S/C26H29O2P/c1-5-26(4,29-24-17-10-9-15-22(24)20(3)27)23-16-11-12-19(2)25(23)28-18-21-13-7-6-8-14-21/h6-17,29H,5,18H2,1-4H3. The fourth-order valence-electron chi connectivity index (χ4n) is 3.55. The van der Waals surface area contributed by atoms with E-state index in [1.807, 2.05) is 36.4 Å². The Labute approximate surface area is 176 Å². The van der Waals surface area contributed by atoms with Crippen LogP contribution >= 0.6 is 8.58 Å². The zero-order chi connectivity index (χ0) is 20.9. The van der Waals surface area contributed by atoms with Crippen molar-refractivity contribution in [1.82, 2.24) is 0 Å². The summed E-state index contributed by atoms with van der Waals surface area (Å²) in [6.45, 7) is 8.80. The first-order valence-electron chi connectivity index (χ1n) is 10.1. The second-order valence-corrected chi connectivity index (χ2v) is 9.53. The van der Waals surface area contributed by atoms with Gasteiger partial charge in [-0.1, -0.05) is 95.2 Å². The van der Waals surface area contributed by atoms with E-state index in [9.17, 15) is 4.79 Å². The van der Waals surface area contributed by atoms with Crippen molar-refractivity contribution in [2.24, 2.45) is 0 Å². The van der Waals surface area contributed by atoms with E-state index in [0.717, 1.165) is 34.2 Å². The van der Waals surface area contributed by atoms with E-state index in [4.69, 9.17) is 4.74 Å². The van der Waals surface area contributed by atoms with E-state index in [0.29, 0.717) is 15.2 Å². The van der Waals surface area contributed by atoms with Crippen molar-refractivity contribution in [3.8, 4) is 5.75 Å². The number of carbonyl (C=O) groups excluding carboxylic acids is 1. The van der Waals surface area contributed by atoms with Gasteiger partial charge in [0.15, 0.2) is 5.78 Å². The number of para-hydroxylation sites is 1. The Balaban J connectivity index is 1.96. The van der Waals surface area contributed by atoms with Crippen LogP contribution in [0.3, 0.4) is 0 Å². The summed E-state index contributed by atoms with van der Waals surface area (Å²) in [6.07, 6.45) is 0.961. The average Bonchev–Trinajstić information content (AvgIpc) is 2.73. The maximum absolute atomic E-state index is 12.1. The van der Waals surface area contributed by atoms with Gasteiger partial charge in [0.1, 0.15) is 12.4 Å². The number of ketones is 1. The summed E-state index contributed by atoms with van der Waals surface area (Å²) < 4.78 is 6.35. The number of carbonyl (C=O) groups is 1. The van der Waals surface area contributed by atoms with Crippen molar-refractivity contribution in [3.05, 3.63) is 95.1 Å². The highest BCUT2D eigenvalue weighted by atomic mass is 31.1. The largest absolute Gasteiger partial charge is 0.488 e. The minimum absolute atomic E-state index is 0.108. The molecular formula is C26H29O2P. The smallest absolute Gasteiger partial charge is 0.160 e. The summed E-state index contributed by atoms with van der Waals surface area (Å²) in [5.74, 6) is 1.09. The van der Waals surface area contributed by atoms with Gasteiger partial charge in [-0.3, -0.25) is 4.79 Å². The third-order valence-corrected chi connectivity index (χ3v) is 7.34. The summed E-state index contributed by atoms with van der Waals surface area (Å²) >= 11 is 0. The Bertz CT molecular complexity index is 981. The molecule has 2 atom stereocenters. The Morgan fingerprint density at radius 1 is 0.966 bits per heavy atom. The normalized spacial score (nSPS) is 13.4. The molecule has 0 amide bonds. The molecule has 0 heterocycles. The molecule has 2 unspecified atom stereocenters. The average molecular weight is 404 g/mol. The maximum atomic E-state index is 12.1. The maximum Gasteiger partial charge on any atom is 0.160 e. The lowest BCUT2D eigenvalue weighted by Crippen LogP contribution is -2.22. The van der Waals surface area contributed by atoms with E-state index in [1.54, 1.807) is 6.92 Å². The minimum atomic E-state index is -0.108. The number of aryl methyl sites for hydroxylation is 1. The molecule has 29 heavy (non-hydrogen) atoms. The first-order valence-corrected chi connectivity index (χ1v) is 11.1. The van der Waals surface area contributed by atoms with E-state index >= 15 is 0 Å². The molecule has 150 valence electrons. The Kier molecular flexibility index (Phi) is 6.87. The van der Waals surface area contributed by atoms with Crippen LogP contribution in [-0.4, -0.2) is 5.78 Å². The summed E-state index contributed by atoms with van der Waals surface area (Å²) in [4.78, 5) is 12.1. The van der Waals surface area contributed by atoms with Crippen LogP contribution in [0.5, 0.6) is 5.75 Å². The van der Waals surface area contributed by atoms with E-state index in [1.165, 1.54) is 5.56 Å². The molecular weight excluding hydrogens is 375 g/mol. The Hall–Kier alpha value is -2.44. The van der Waals surface area contributed by atoms with Crippen molar-refractivity contribution in [1.29, 1.82) is 0 Å². The lowest BCUT2D eigenvalue weighted by atomic mass is 9.94. The number of rotatable bonds is 8. The lowest BCUT2D eigenvalue weighted by Gasteiger charge is -2.32. The van der Waals surface area contributed by atoms with Crippen LogP contribution in [0, 0.1) is 6.92 Å². The fraction of sp³-hybridized carbons (Fsp3) is 0.269. The van der Waals surface area contributed by atoms with Gasteiger partial charge in [0.25, 0.3) is 0 Å². The first-order chi connectivity index (χ1) is 13.9. The second-order valence-electron chi connectivity index (χ2n) is 7.64. The molecule has 0 fully saturated rings. The van der Waals surface area contributed by atoms with Gasteiger partial charge in [-0.05, 0) is 36.7 Å². The van der Waals surface area contributed by atoms with E-state index in [2.05, 4.69) is 57.2 Å². The van der Waals surface area contributed by atoms with Gasteiger partial charge < -0.3 is 4.74 Å². The van der Waals surface area contributed by atoms with Gasteiger partial charge in [-0.15, -0.1) is 0 Å². The highest BCUT2D eigenvalue weighted by molar-refractivity contribution is 7.48. The first kappa shape index (κ1) is 21.3. The second kappa shape index (κ2) is 9.37. The van der Waals surface area contributed by atoms with Crippen LogP contribution in [0.4, 0.5) is 0 Å². The van der Waals surface area contributed by atoms with E-state index in [-0.39, 0.29) is 10.9 Å². The molecule has 0 saturated carbocycles. The van der Waals surface area contributed by atoms with Crippen LogP contribution in [0.25, 0.3) is 0 Å². The molecule has 0 aliphatic carbocycles. The molecule has 2 nitrogen and oxygen atoms in total. The minimum Gasteiger partial charge on any atom is -0.488 e. The highest BCUT2D eigenvalue weighted by Gasteiger charge is 2.30. The van der Waals surface area contributed by atoms with E-state index < -0.39 is 0 Å². The third-order valence-electron chi connectivity index (χ3n) is 5.46. The molecule has 0 aliphatic rings. The van der Waals surface area contributed by atoms with Crippen LogP contribution < -0.4 is 10.0 Å².